The van der Waals surface area contributed by atoms with Gasteiger partial charge in [0.2, 0.25) is 10.0 Å². The topological polar surface area (TPSA) is 70.7 Å². The zero-order chi connectivity index (χ0) is 13.6. The molecule has 1 fully saturated rings. The molecular weight excluding hydrogens is 254 g/mol. The first-order chi connectivity index (χ1) is 8.29. The Kier molecular flexibility index (Phi) is 6.00. The van der Waals surface area contributed by atoms with Crippen molar-refractivity contribution in [2.24, 2.45) is 0 Å². The molecule has 1 rings (SSSR count). The van der Waals surface area contributed by atoms with Crippen LogP contribution in [0.2, 0.25) is 0 Å². The average Bonchev–Trinajstić information content (AvgIpc) is 2.23. The first kappa shape index (κ1) is 15.8. The van der Waals surface area contributed by atoms with Crippen LogP contribution in [0.1, 0.15) is 13.8 Å². The van der Waals surface area contributed by atoms with E-state index in [1.54, 1.807) is 0 Å². The maximum atomic E-state index is 11.2. The molecule has 0 radical (unpaired) electrons. The SMILES string of the molecule is CC(C)(CNCCN1CCOCC1)NS(C)(=O)=O. The van der Waals surface area contributed by atoms with Crippen LogP contribution in [0.25, 0.3) is 0 Å². The number of nitrogens with zero attached hydrogens (tertiary/aromatic N) is 1. The normalized spacial score (nSPS) is 19.1. The summed E-state index contributed by atoms with van der Waals surface area (Å²) in [7, 11) is -3.16. The predicted octanol–water partition coefficient (Wildman–Crippen LogP) is -0.764. The van der Waals surface area contributed by atoms with E-state index in [1.165, 1.54) is 6.26 Å². The zero-order valence-electron chi connectivity index (χ0n) is 11.5. The van der Waals surface area contributed by atoms with Crippen LogP contribution in [-0.4, -0.2) is 71.0 Å². The molecule has 0 atom stereocenters. The maximum absolute atomic E-state index is 11.2. The second kappa shape index (κ2) is 6.81. The summed E-state index contributed by atoms with van der Waals surface area (Å²) in [6, 6.07) is 0. The minimum atomic E-state index is -3.16. The van der Waals surface area contributed by atoms with E-state index in [4.69, 9.17) is 4.74 Å². The van der Waals surface area contributed by atoms with Crippen LogP contribution < -0.4 is 10.0 Å². The standard InChI is InChI=1S/C11H25N3O3S/c1-11(2,13-18(3,15)16)10-12-4-5-14-6-8-17-9-7-14/h12-13H,4-10H2,1-3H3. The molecule has 0 saturated carbocycles. The van der Waals surface area contributed by atoms with E-state index < -0.39 is 15.6 Å². The first-order valence-electron chi connectivity index (χ1n) is 6.28. The van der Waals surface area contributed by atoms with Crippen LogP contribution in [0.4, 0.5) is 0 Å². The number of nitrogens with one attached hydrogen (secondary N) is 2. The average molecular weight is 279 g/mol. The molecule has 7 heteroatoms. The van der Waals surface area contributed by atoms with E-state index in [0.29, 0.717) is 6.54 Å². The molecule has 0 amide bonds. The number of ether oxygens (including phenoxy) is 1. The summed E-state index contributed by atoms with van der Waals surface area (Å²) in [5, 5.41) is 3.29. The second-order valence-corrected chi connectivity index (χ2v) is 7.14. The van der Waals surface area contributed by atoms with Crippen molar-refractivity contribution < 1.29 is 13.2 Å². The molecule has 0 spiro atoms. The second-order valence-electron chi connectivity index (χ2n) is 5.39. The lowest BCUT2D eigenvalue weighted by Gasteiger charge is -2.28. The fourth-order valence-corrected chi connectivity index (χ4v) is 3.08. The minimum absolute atomic E-state index is 0.460. The van der Waals surface area contributed by atoms with Crippen LogP contribution in [0, 0.1) is 0 Å². The summed E-state index contributed by atoms with van der Waals surface area (Å²) in [5.74, 6) is 0. The smallest absolute Gasteiger partial charge is 0.209 e. The summed E-state index contributed by atoms with van der Waals surface area (Å²) in [4.78, 5) is 2.34. The number of sulfonamides is 1. The highest BCUT2D eigenvalue weighted by Gasteiger charge is 2.21. The van der Waals surface area contributed by atoms with Gasteiger partial charge < -0.3 is 10.1 Å². The fraction of sp³-hybridized carbons (Fsp3) is 1.00. The molecule has 0 aromatic rings. The van der Waals surface area contributed by atoms with Crippen molar-refractivity contribution >= 4 is 10.0 Å². The van der Waals surface area contributed by atoms with Crippen molar-refractivity contribution in [3.05, 3.63) is 0 Å². The molecule has 1 saturated heterocycles. The van der Waals surface area contributed by atoms with Crippen molar-refractivity contribution in [2.45, 2.75) is 19.4 Å². The molecule has 0 aromatic carbocycles. The van der Waals surface area contributed by atoms with E-state index in [9.17, 15) is 8.42 Å². The van der Waals surface area contributed by atoms with Gasteiger partial charge in [-0.05, 0) is 13.8 Å². The number of morpholine rings is 1. The van der Waals surface area contributed by atoms with Gasteiger partial charge in [0.25, 0.3) is 0 Å². The molecule has 0 aromatic heterocycles. The molecule has 1 aliphatic rings. The fourth-order valence-electron chi connectivity index (χ4n) is 2.00. The van der Waals surface area contributed by atoms with E-state index in [1.807, 2.05) is 13.8 Å². The van der Waals surface area contributed by atoms with Crippen LogP contribution in [-0.2, 0) is 14.8 Å². The monoisotopic (exact) mass is 279 g/mol. The number of hydrogen-bond acceptors (Lipinski definition) is 5. The Morgan fingerprint density at radius 2 is 1.89 bits per heavy atom. The van der Waals surface area contributed by atoms with Crippen LogP contribution >= 0.6 is 0 Å². The highest BCUT2D eigenvalue weighted by atomic mass is 32.2. The van der Waals surface area contributed by atoms with Crippen molar-refractivity contribution in [3.63, 3.8) is 0 Å². The van der Waals surface area contributed by atoms with E-state index in [0.717, 1.165) is 39.4 Å². The largest absolute Gasteiger partial charge is 0.379 e. The van der Waals surface area contributed by atoms with E-state index in [2.05, 4.69) is 14.9 Å². The summed E-state index contributed by atoms with van der Waals surface area (Å²) >= 11 is 0. The van der Waals surface area contributed by atoms with E-state index in [-0.39, 0.29) is 0 Å². The van der Waals surface area contributed by atoms with E-state index >= 15 is 0 Å². The Hall–Kier alpha value is -0.210. The van der Waals surface area contributed by atoms with Gasteiger partial charge in [-0.1, -0.05) is 0 Å². The first-order valence-corrected chi connectivity index (χ1v) is 8.17. The van der Waals surface area contributed by atoms with Gasteiger partial charge in [0, 0.05) is 38.3 Å². The summed E-state index contributed by atoms with van der Waals surface area (Å²) in [6.45, 7) is 9.75. The highest BCUT2D eigenvalue weighted by molar-refractivity contribution is 7.88. The lowest BCUT2D eigenvalue weighted by atomic mass is 10.1. The van der Waals surface area contributed by atoms with Crippen molar-refractivity contribution in [2.75, 3.05) is 52.2 Å². The third-order valence-electron chi connectivity index (χ3n) is 2.74. The quantitative estimate of drug-likeness (QED) is 0.599. The molecule has 0 bridgehead atoms. The minimum Gasteiger partial charge on any atom is -0.379 e. The van der Waals surface area contributed by atoms with Crippen molar-refractivity contribution in [1.29, 1.82) is 0 Å². The number of rotatable bonds is 7. The van der Waals surface area contributed by atoms with Crippen molar-refractivity contribution in [1.82, 2.24) is 14.9 Å². The zero-order valence-corrected chi connectivity index (χ0v) is 12.3. The summed E-state index contributed by atoms with van der Waals surface area (Å²) < 4.78 is 30.2. The Morgan fingerprint density at radius 1 is 1.28 bits per heavy atom. The van der Waals surface area contributed by atoms with Crippen LogP contribution in [0.3, 0.4) is 0 Å². The van der Waals surface area contributed by atoms with Gasteiger partial charge in [0.05, 0.1) is 19.5 Å². The van der Waals surface area contributed by atoms with Crippen molar-refractivity contribution in [3.8, 4) is 0 Å². The molecule has 108 valence electrons. The molecule has 18 heavy (non-hydrogen) atoms. The van der Waals surface area contributed by atoms with Gasteiger partial charge >= 0.3 is 0 Å². The predicted molar refractivity (Wildman–Crippen MR) is 72.2 cm³/mol. The Balaban J connectivity index is 2.16. The van der Waals surface area contributed by atoms with Gasteiger partial charge in [0.1, 0.15) is 0 Å². The molecule has 1 heterocycles. The highest BCUT2D eigenvalue weighted by Crippen LogP contribution is 2.02. The van der Waals surface area contributed by atoms with Gasteiger partial charge in [-0.15, -0.1) is 0 Å². The molecule has 0 aliphatic carbocycles. The Morgan fingerprint density at radius 3 is 2.44 bits per heavy atom. The molecule has 0 unspecified atom stereocenters. The van der Waals surface area contributed by atoms with Gasteiger partial charge in [0.15, 0.2) is 0 Å². The molecular formula is C11H25N3O3S. The summed E-state index contributed by atoms with van der Waals surface area (Å²) in [6.07, 6.45) is 1.18. The molecule has 6 nitrogen and oxygen atoms in total. The third kappa shape index (κ3) is 7.27. The third-order valence-corrected chi connectivity index (χ3v) is 3.66. The lowest BCUT2D eigenvalue weighted by Crippen LogP contribution is -2.51. The Bertz CT molecular complexity index is 337. The summed E-state index contributed by atoms with van der Waals surface area (Å²) in [5.41, 5.74) is -0.460. The molecule has 2 N–H and O–H groups in total. The number of hydrogen-bond donors (Lipinski definition) is 2. The molecule has 1 aliphatic heterocycles. The maximum Gasteiger partial charge on any atom is 0.209 e. The van der Waals surface area contributed by atoms with Gasteiger partial charge in [-0.3, -0.25) is 4.90 Å². The van der Waals surface area contributed by atoms with Gasteiger partial charge in [-0.25, -0.2) is 13.1 Å². The Labute approximate surface area is 110 Å². The lowest BCUT2D eigenvalue weighted by molar-refractivity contribution is 0.0383. The van der Waals surface area contributed by atoms with Crippen LogP contribution in [0.15, 0.2) is 0 Å². The van der Waals surface area contributed by atoms with Crippen LogP contribution in [0.5, 0.6) is 0 Å². The van der Waals surface area contributed by atoms with Gasteiger partial charge in [-0.2, -0.15) is 0 Å².